The molecule has 0 unspecified atom stereocenters. The van der Waals surface area contributed by atoms with Crippen LogP contribution in [-0.4, -0.2) is 42.5 Å². The van der Waals surface area contributed by atoms with Crippen LogP contribution in [0.5, 0.6) is 5.75 Å². The molecule has 1 saturated heterocycles. The first-order chi connectivity index (χ1) is 12.6. The third kappa shape index (κ3) is 5.20. The van der Waals surface area contributed by atoms with Gasteiger partial charge in [0.25, 0.3) is 11.8 Å². The second-order valence-corrected chi connectivity index (χ2v) is 7.49. The van der Waals surface area contributed by atoms with Crippen LogP contribution < -0.4 is 10.1 Å². The molecule has 2 amide bonds. The van der Waals surface area contributed by atoms with Gasteiger partial charge in [-0.1, -0.05) is 18.2 Å². The van der Waals surface area contributed by atoms with E-state index in [2.05, 4.69) is 27.9 Å². The van der Waals surface area contributed by atoms with Gasteiger partial charge in [0.2, 0.25) is 0 Å². The molecule has 5 nitrogen and oxygen atoms in total. The molecule has 6 heteroatoms. The number of hydrogen-bond donors (Lipinski definition) is 1. The van der Waals surface area contributed by atoms with Crippen LogP contribution in [0.15, 0.2) is 54.6 Å². The van der Waals surface area contributed by atoms with Gasteiger partial charge in [-0.05, 0) is 71.8 Å². The number of hydrogen-bond acceptors (Lipinski definition) is 3. The number of nitrogens with zero attached hydrogens (tertiary/aromatic N) is 1. The van der Waals surface area contributed by atoms with Crippen LogP contribution in [0.1, 0.15) is 23.2 Å². The van der Waals surface area contributed by atoms with E-state index in [-0.39, 0.29) is 24.5 Å². The summed E-state index contributed by atoms with van der Waals surface area (Å²) in [6, 6.07) is 17.0. The predicted octanol–water partition coefficient (Wildman–Crippen LogP) is 3.09. The molecule has 0 aliphatic carbocycles. The molecule has 0 aromatic heterocycles. The first-order valence-electron chi connectivity index (χ1n) is 8.64. The average Bonchev–Trinajstić information content (AvgIpc) is 2.68. The van der Waals surface area contributed by atoms with E-state index < -0.39 is 0 Å². The van der Waals surface area contributed by atoms with Crippen molar-refractivity contribution in [2.45, 2.75) is 18.9 Å². The first-order valence-corrected chi connectivity index (χ1v) is 9.72. The number of amides is 2. The normalized spacial score (nSPS) is 14.7. The molecule has 0 radical (unpaired) electrons. The zero-order chi connectivity index (χ0) is 18.4. The van der Waals surface area contributed by atoms with E-state index in [0.717, 1.165) is 16.4 Å². The van der Waals surface area contributed by atoms with Crippen LogP contribution in [0.2, 0.25) is 0 Å². The number of likely N-dealkylation sites (tertiary alicyclic amines) is 1. The Bertz CT molecular complexity index is 741. The smallest absolute Gasteiger partial charge is 0.258 e. The quantitative estimate of drug-likeness (QED) is 0.693. The van der Waals surface area contributed by atoms with Gasteiger partial charge in [-0.2, -0.15) is 0 Å². The molecular formula is C20H21IN2O3. The van der Waals surface area contributed by atoms with Crippen molar-refractivity contribution >= 4 is 34.4 Å². The average molecular weight is 464 g/mol. The molecule has 1 N–H and O–H groups in total. The Balaban J connectivity index is 1.41. The summed E-state index contributed by atoms with van der Waals surface area (Å²) in [5.74, 6) is 0.609. The van der Waals surface area contributed by atoms with E-state index in [1.165, 1.54) is 0 Å². The number of ether oxygens (including phenoxy) is 1. The highest BCUT2D eigenvalue weighted by atomic mass is 127. The maximum atomic E-state index is 12.4. The van der Waals surface area contributed by atoms with E-state index in [4.69, 9.17) is 4.74 Å². The van der Waals surface area contributed by atoms with E-state index in [0.29, 0.717) is 24.4 Å². The van der Waals surface area contributed by atoms with Gasteiger partial charge in [0, 0.05) is 28.3 Å². The summed E-state index contributed by atoms with van der Waals surface area (Å²) >= 11 is 2.22. The maximum absolute atomic E-state index is 12.4. The highest BCUT2D eigenvalue weighted by Gasteiger charge is 2.24. The molecular weight excluding hydrogens is 443 g/mol. The second-order valence-electron chi connectivity index (χ2n) is 6.24. The van der Waals surface area contributed by atoms with Crippen molar-refractivity contribution in [2.75, 3.05) is 19.7 Å². The molecule has 1 aliphatic rings. The van der Waals surface area contributed by atoms with Crippen molar-refractivity contribution in [3.05, 3.63) is 63.7 Å². The fraction of sp³-hybridized carbons (Fsp3) is 0.300. The number of rotatable bonds is 5. The van der Waals surface area contributed by atoms with Crippen LogP contribution in [0, 0.1) is 3.57 Å². The summed E-state index contributed by atoms with van der Waals surface area (Å²) in [5, 5.41) is 3.00. The Kier molecular flexibility index (Phi) is 6.49. The first kappa shape index (κ1) is 18.7. The SMILES string of the molecule is O=C(COc1ccc(I)cc1)NC1CCN(C(=O)c2ccccc2)CC1. The highest BCUT2D eigenvalue weighted by molar-refractivity contribution is 14.1. The molecule has 1 fully saturated rings. The number of carbonyl (C=O) groups is 2. The van der Waals surface area contributed by atoms with Gasteiger partial charge in [-0.25, -0.2) is 0 Å². The molecule has 136 valence electrons. The maximum Gasteiger partial charge on any atom is 0.258 e. The van der Waals surface area contributed by atoms with Crippen LogP contribution in [-0.2, 0) is 4.79 Å². The molecule has 26 heavy (non-hydrogen) atoms. The largest absolute Gasteiger partial charge is 0.484 e. The molecule has 0 spiro atoms. The topological polar surface area (TPSA) is 58.6 Å². The van der Waals surface area contributed by atoms with Gasteiger partial charge in [0.05, 0.1) is 0 Å². The molecule has 2 aromatic carbocycles. The minimum Gasteiger partial charge on any atom is -0.484 e. The molecule has 1 heterocycles. The summed E-state index contributed by atoms with van der Waals surface area (Å²) in [5.41, 5.74) is 0.709. The lowest BCUT2D eigenvalue weighted by molar-refractivity contribution is -0.124. The van der Waals surface area contributed by atoms with Crippen molar-refractivity contribution in [1.82, 2.24) is 10.2 Å². The fourth-order valence-corrected chi connectivity index (χ4v) is 3.30. The number of nitrogens with one attached hydrogen (secondary N) is 1. The van der Waals surface area contributed by atoms with E-state index in [1.807, 2.05) is 59.5 Å². The van der Waals surface area contributed by atoms with Crippen LogP contribution in [0.25, 0.3) is 0 Å². The van der Waals surface area contributed by atoms with Gasteiger partial charge < -0.3 is 15.0 Å². The van der Waals surface area contributed by atoms with Gasteiger partial charge in [-0.15, -0.1) is 0 Å². The van der Waals surface area contributed by atoms with Crippen LogP contribution in [0.4, 0.5) is 0 Å². The van der Waals surface area contributed by atoms with Gasteiger partial charge in [-0.3, -0.25) is 9.59 Å². The molecule has 0 atom stereocenters. The number of piperidine rings is 1. The summed E-state index contributed by atoms with van der Waals surface area (Å²) in [6.45, 7) is 1.30. The van der Waals surface area contributed by atoms with Crippen LogP contribution in [0.3, 0.4) is 0 Å². The predicted molar refractivity (Wildman–Crippen MR) is 108 cm³/mol. The summed E-state index contributed by atoms with van der Waals surface area (Å²) < 4.78 is 6.62. The molecule has 1 aliphatic heterocycles. The Morgan fingerprint density at radius 2 is 1.69 bits per heavy atom. The van der Waals surface area contributed by atoms with Crippen molar-refractivity contribution in [3.8, 4) is 5.75 Å². The minimum absolute atomic E-state index is 0.00372. The van der Waals surface area contributed by atoms with E-state index in [9.17, 15) is 9.59 Å². The molecule has 3 rings (SSSR count). The van der Waals surface area contributed by atoms with E-state index >= 15 is 0 Å². The van der Waals surface area contributed by atoms with Gasteiger partial charge >= 0.3 is 0 Å². The minimum atomic E-state index is -0.128. The lowest BCUT2D eigenvalue weighted by atomic mass is 10.0. The van der Waals surface area contributed by atoms with Crippen LogP contribution >= 0.6 is 22.6 Å². The standard InChI is InChI=1S/C20H21IN2O3/c21-16-6-8-18(9-7-16)26-14-19(24)22-17-10-12-23(13-11-17)20(25)15-4-2-1-3-5-15/h1-9,17H,10-14H2,(H,22,24). The highest BCUT2D eigenvalue weighted by Crippen LogP contribution is 2.15. The molecule has 0 bridgehead atoms. The summed E-state index contributed by atoms with van der Waals surface area (Å²) in [4.78, 5) is 26.3. The van der Waals surface area contributed by atoms with E-state index in [1.54, 1.807) is 0 Å². The van der Waals surface area contributed by atoms with Crippen molar-refractivity contribution in [2.24, 2.45) is 0 Å². The molecule has 2 aromatic rings. The third-order valence-electron chi connectivity index (χ3n) is 4.35. The third-order valence-corrected chi connectivity index (χ3v) is 5.07. The lowest BCUT2D eigenvalue weighted by Crippen LogP contribution is -2.47. The number of halogens is 1. The zero-order valence-electron chi connectivity index (χ0n) is 14.4. The zero-order valence-corrected chi connectivity index (χ0v) is 16.5. The number of carbonyl (C=O) groups excluding carboxylic acids is 2. The monoisotopic (exact) mass is 464 g/mol. The number of benzene rings is 2. The van der Waals surface area contributed by atoms with Crippen molar-refractivity contribution < 1.29 is 14.3 Å². The second kappa shape index (κ2) is 9.02. The Hall–Kier alpha value is -2.09. The Labute approximate surface area is 166 Å². The van der Waals surface area contributed by atoms with Crippen molar-refractivity contribution in [1.29, 1.82) is 0 Å². The summed E-state index contributed by atoms with van der Waals surface area (Å²) in [6.07, 6.45) is 1.52. The lowest BCUT2D eigenvalue weighted by Gasteiger charge is -2.32. The van der Waals surface area contributed by atoms with Crippen molar-refractivity contribution in [3.63, 3.8) is 0 Å². The Morgan fingerprint density at radius 1 is 1.04 bits per heavy atom. The molecule has 0 saturated carbocycles. The Morgan fingerprint density at radius 3 is 2.35 bits per heavy atom. The van der Waals surface area contributed by atoms with Gasteiger partial charge in [0.15, 0.2) is 6.61 Å². The fourth-order valence-electron chi connectivity index (χ4n) is 2.94. The summed E-state index contributed by atoms with van der Waals surface area (Å²) in [7, 11) is 0. The van der Waals surface area contributed by atoms with Gasteiger partial charge in [0.1, 0.15) is 5.75 Å².